The van der Waals surface area contributed by atoms with Gasteiger partial charge < -0.3 is 15.1 Å². The summed E-state index contributed by atoms with van der Waals surface area (Å²) in [6, 6.07) is 13.4. The third-order valence-corrected chi connectivity index (χ3v) is 5.13. The number of piperazine rings is 1. The van der Waals surface area contributed by atoms with Crippen LogP contribution < -0.4 is 15.5 Å². The number of carbonyl (C=O) groups excluding carboxylic acids is 2. The molecule has 0 aliphatic carbocycles. The van der Waals surface area contributed by atoms with Crippen LogP contribution in [0.5, 0.6) is 0 Å². The minimum atomic E-state index is -0.601. The minimum absolute atomic E-state index is 0.0182. The zero-order valence-electron chi connectivity index (χ0n) is 17.0. The van der Waals surface area contributed by atoms with Gasteiger partial charge in [0.1, 0.15) is 5.82 Å². The van der Waals surface area contributed by atoms with Gasteiger partial charge in [-0.2, -0.15) is 0 Å². The lowest BCUT2D eigenvalue weighted by molar-refractivity contribution is -0.134. The SMILES string of the molecule is CC(C)C(=O)N1CCN(c2ccc(NC(=S)NC(=O)c3ccccc3F)cc2)CC1. The number of nitrogens with one attached hydrogen (secondary N) is 2. The molecule has 1 aliphatic heterocycles. The summed E-state index contributed by atoms with van der Waals surface area (Å²) in [7, 11) is 0. The van der Waals surface area contributed by atoms with Crippen molar-refractivity contribution in [3.8, 4) is 0 Å². The second-order valence-electron chi connectivity index (χ2n) is 7.40. The first-order chi connectivity index (χ1) is 14.3. The molecule has 0 saturated carbocycles. The van der Waals surface area contributed by atoms with Gasteiger partial charge in [0.25, 0.3) is 5.91 Å². The number of amides is 2. The van der Waals surface area contributed by atoms with Gasteiger partial charge in [0, 0.05) is 43.5 Å². The molecule has 2 amide bonds. The molecule has 2 aromatic rings. The van der Waals surface area contributed by atoms with Crippen LogP contribution in [0.1, 0.15) is 24.2 Å². The third kappa shape index (κ3) is 5.33. The second-order valence-corrected chi connectivity index (χ2v) is 7.81. The summed E-state index contributed by atoms with van der Waals surface area (Å²) in [6.07, 6.45) is 0. The van der Waals surface area contributed by atoms with E-state index in [-0.39, 0.29) is 22.5 Å². The van der Waals surface area contributed by atoms with Crippen molar-refractivity contribution in [1.29, 1.82) is 0 Å². The number of rotatable bonds is 4. The van der Waals surface area contributed by atoms with E-state index in [1.54, 1.807) is 6.07 Å². The monoisotopic (exact) mass is 428 g/mol. The van der Waals surface area contributed by atoms with E-state index in [2.05, 4.69) is 15.5 Å². The Morgan fingerprint density at radius 1 is 1.00 bits per heavy atom. The van der Waals surface area contributed by atoms with Gasteiger partial charge in [-0.25, -0.2) is 4.39 Å². The molecule has 2 N–H and O–H groups in total. The smallest absolute Gasteiger partial charge is 0.260 e. The van der Waals surface area contributed by atoms with E-state index in [4.69, 9.17) is 12.2 Å². The maximum absolute atomic E-state index is 13.7. The molecule has 0 bridgehead atoms. The van der Waals surface area contributed by atoms with Crippen molar-refractivity contribution in [2.24, 2.45) is 5.92 Å². The molecule has 0 atom stereocenters. The highest BCUT2D eigenvalue weighted by Crippen LogP contribution is 2.20. The molecule has 3 rings (SSSR count). The molecule has 6 nitrogen and oxygen atoms in total. The summed E-state index contributed by atoms with van der Waals surface area (Å²) in [5.41, 5.74) is 1.71. The molecule has 30 heavy (non-hydrogen) atoms. The Bertz CT molecular complexity index is 925. The van der Waals surface area contributed by atoms with Crippen LogP contribution in [0.3, 0.4) is 0 Å². The number of carbonyl (C=O) groups is 2. The van der Waals surface area contributed by atoms with Gasteiger partial charge in [-0.05, 0) is 48.6 Å². The van der Waals surface area contributed by atoms with Gasteiger partial charge in [0.05, 0.1) is 5.56 Å². The Balaban J connectivity index is 1.52. The van der Waals surface area contributed by atoms with Crippen molar-refractivity contribution < 1.29 is 14.0 Å². The van der Waals surface area contributed by atoms with E-state index in [9.17, 15) is 14.0 Å². The van der Waals surface area contributed by atoms with Crippen molar-refractivity contribution in [1.82, 2.24) is 10.2 Å². The molecule has 158 valence electrons. The predicted molar refractivity (Wildman–Crippen MR) is 120 cm³/mol. The first-order valence-corrected chi connectivity index (χ1v) is 10.3. The lowest BCUT2D eigenvalue weighted by Gasteiger charge is -2.37. The van der Waals surface area contributed by atoms with Gasteiger partial charge in [0.2, 0.25) is 5.91 Å². The van der Waals surface area contributed by atoms with E-state index in [1.165, 1.54) is 18.2 Å². The number of benzene rings is 2. The Morgan fingerprint density at radius 2 is 1.63 bits per heavy atom. The van der Waals surface area contributed by atoms with E-state index in [0.717, 1.165) is 18.8 Å². The van der Waals surface area contributed by atoms with Crippen molar-refractivity contribution in [3.05, 3.63) is 59.9 Å². The highest BCUT2D eigenvalue weighted by Gasteiger charge is 2.23. The molecule has 1 aliphatic rings. The molecular formula is C22H25FN4O2S. The summed E-state index contributed by atoms with van der Waals surface area (Å²) < 4.78 is 13.7. The topological polar surface area (TPSA) is 64.7 Å². The summed E-state index contributed by atoms with van der Waals surface area (Å²) in [5, 5.41) is 5.51. The standard InChI is InChI=1S/C22H25FN4O2S/c1-15(2)21(29)27-13-11-26(12-14-27)17-9-7-16(8-10-17)24-22(30)25-20(28)18-5-3-4-6-19(18)23/h3-10,15H,11-14H2,1-2H3,(H2,24,25,28,30). The third-order valence-electron chi connectivity index (χ3n) is 4.92. The van der Waals surface area contributed by atoms with E-state index >= 15 is 0 Å². The van der Waals surface area contributed by atoms with Crippen LogP contribution >= 0.6 is 12.2 Å². The summed E-state index contributed by atoms with van der Waals surface area (Å²) in [5.74, 6) is -0.988. The Labute approximate surface area is 181 Å². The maximum Gasteiger partial charge on any atom is 0.260 e. The van der Waals surface area contributed by atoms with Crippen molar-refractivity contribution >= 4 is 40.5 Å². The van der Waals surface area contributed by atoms with Crippen LogP contribution in [-0.2, 0) is 4.79 Å². The van der Waals surface area contributed by atoms with Crippen LogP contribution in [0.2, 0.25) is 0 Å². The summed E-state index contributed by atoms with van der Waals surface area (Å²) in [4.78, 5) is 28.4. The quantitative estimate of drug-likeness (QED) is 0.732. The first kappa shape index (κ1) is 21.7. The fourth-order valence-electron chi connectivity index (χ4n) is 3.28. The van der Waals surface area contributed by atoms with E-state index < -0.39 is 11.7 Å². The highest BCUT2D eigenvalue weighted by atomic mass is 32.1. The Kier molecular flexibility index (Phi) is 6.99. The molecule has 8 heteroatoms. The number of hydrogen-bond donors (Lipinski definition) is 2. The van der Waals surface area contributed by atoms with Gasteiger partial charge in [-0.15, -0.1) is 0 Å². The second kappa shape index (κ2) is 9.67. The zero-order chi connectivity index (χ0) is 21.7. The van der Waals surface area contributed by atoms with Crippen molar-refractivity contribution in [3.63, 3.8) is 0 Å². The van der Waals surface area contributed by atoms with E-state index in [1.807, 2.05) is 43.0 Å². The fourth-order valence-corrected chi connectivity index (χ4v) is 3.49. The van der Waals surface area contributed by atoms with Crippen molar-refractivity contribution in [2.45, 2.75) is 13.8 Å². The molecule has 0 unspecified atom stereocenters. The molecule has 1 saturated heterocycles. The number of thiocarbonyl (C=S) groups is 1. The van der Waals surface area contributed by atoms with Crippen molar-refractivity contribution in [2.75, 3.05) is 36.4 Å². The molecule has 0 radical (unpaired) electrons. The van der Waals surface area contributed by atoms with Gasteiger partial charge in [0.15, 0.2) is 5.11 Å². The number of halogens is 1. The van der Waals surface area contributed by atoms with Gasteiger partial charge in [-0.3, -0.25) is 14.9 Å². The maximum atomic E-state index is 13.7. The average molecular weight is 429 g/mol. The van der Waals surface area contributed by atoms with E-state index in [0.29, 0.717) is 18.8 Å². The Morgan fingerprint density at radius 3 is 2.23 bits per heavy atom. The van der Waals surface area contributed by atoms with Gasteiger partial charge >= 0.3 is 0 Å². The lowest BCUT2D eigenvalue weighted by atomic mass is 10.1. The van der Waals surface area contributed by atoms with Gasteiger partial charge in [-0.1, -0.05) is 26.0 Å². The highest BCUT2D eigenvalue weighted by molar-refractivity contribution is 7.80. The minimum Gasteiger partial charge on any atom is -0.368 e. The zero-order valence-corrected chi connectivity index (χ0v) is 17.8. The fraction of sp³-hybridized carbons (Fsp3) is 0.318. The van der Waals surface area contributed by atoms with Crippen LogP contribution in [0.25, 0.3) is 0 Å². The number of nitrogens with zero attached hydrogens (tertiary/aromatic N) is 2. The summed E-state index contributed by atoms with van der Waals surface area (Å²) in [6.45, 7) is 6.82. The Hall–Kier alpha value is -3.00. The largest absolute Gasteiger partial charge is 0.368 e. The normalized spacial score (nSPS) is 13.9. The number of anilines is 2. The molecule has 0 aromatic heterocycles. The summed E-state index contributed by atoms with van der Waals surface area (Å²) >= 11 is 5.16. The average Bonchev–Trinajstić information content (AvgIpc) is 2.74. The lowest BCUT2D eigenvalue weighted by Crippen LogP contribution is -2.49. The molecule has 1 fully saturated rings. The van der Waals surface area contributed by atoms with Crippen LogP contribution in [0.4, 0.5) is 15.8 Å². The first-order valence-electron chi connectivity index (χ1n) is 9.86. The van der Waals surface area contributed by atoms with Crippen LogP contribution in [-0.4, -0.2) is 48.0 Å². The van der Waals surface area contributed by atoms with Crippen LogP contribution in [0.15, 0.2) is 48.5 Å². The molecular weight excluding hydrogens is 403 g/mol. The molecule has 2 aromatic carbocycles. The van der Waals surface area contributed by atoms with Crippen LogP contribution in [0, 0.1) is 11.7 Å². The molecule has 0 spiro atoms. The number of hydrogen-bond acceptors (Lipinski definition) is 4. The predicted octanol–water partition coefficient (Wildman–Crippen LogP) is 3.26. The molecule has 1 heterocycles.